The number of allylic oxidation sites excluding steroid dienone is 4. The number of fused-ring (bicyclic) bond motifs is 5. The number of ether oxygens (including phenoxy) is 2. The topological polar surface area (TPSA) is 69.7 Å². The Balaban J connectivity index is 1.64. The van der Waals surface area contributed by atoms with Gasteiger partial charge in [0.1, 0.15) is 12.9 Å². The van der Waals surface area contributed by atoms with Gasteiger partial charge in [-0.2, -0.15) is 0 Å². The molecule has 0 saturated heterocycles. The molecule has 0 heterocycles. The average Bonchev–Trinajstić information content (AvgIpc) is 3.08. The normalized spacial score (nSPS) is 39.9. The maximum absolute atomic E-state index is 12.9. The lowest BCUT2D eigenvalue weighted by Crippen LogP contribution is -2.51. The number of esters is 1. The number of aldehydes is 1. The van der Waals surface area contributed by atoms with Gasteiger partial charge in [0.15, 0.2) is 5.78 Å². The predicted molar refractivity (Wildman–Crippen MR) is 112 cm³/mol. The van der Waals surface area contributed by atoms with Gasteiger partial charge in [0, 0.05) is 19.3 Å². The van der Waals surface area contributed by atoms with Crippen molar-refractivity contribution in [3.8, 4) is 0 Å². The Morgan fingerprint density at radius 1 is 1.17 bits per heavy atom. The number of hydrogen-bond acceptors (Lipinski definition) is 5. The van der Waals surface area contributed by atoms with Gasteiger partial charge in [0.25, 0.3) is 0 Å². The highest BCUT2D eigenvalue weighted by Gasteiger charge is 2.60. The smallest absolute Gasteiger partial charge is 0.303 e. The maximum Gasteiger partial charge on any atom is 0.303 e. The summed E-state index contributed by atoms with van der Waals surface area (Å²) in [6.07, 6.45) is 9.90. The van der Waals surface area contributed by atoms with E-state index in [0.717, 1.165) is 62.6 Å². The standard InChI is InChI=1S/C25H34O5/c1-15(27)30-14-23(28)21-6-5-19-18-11-16(13-26)22-12-17(29-4)7-9-25(22,3)20(18)8-10-24(19,21)2/h12-13,18-21H,5-11,14H2,1-4H3/t18-,19-,20-,21+,24-,25+/m0/s1. The molecule has 0 bridgehead atoms. The molecule has 2 fully saturated rings. The van der Waals surface area contributed by atoms with Gasteiger partial charge in [0.05, 0.1) is 12.9 Å². The van der Waals surface area contributed by atoms with Crippen molar-refractivity contribution in [2.75, 3.05) is 13.7 Å². The summed E-state index contributed by atoms with van der Waals surface area (Å²) in [7, 11) is 1.71. The summed E-state index contributed by atoms with van der Waals surface area (Å²) in [5, 5.41) is 0. The van der Waals surface area contributed by atoms with Gasteiger partial charge in [-0.15, -0.1) is 0 Å². The summed E-state index contributed by atoms with van der Waals surface area (Å²) in [5.74, 6) is 1.98. The molecule has 4 aliphatic carbocycles. The number of carbonyl (C=O) groups excluding carboxylic acids is 3. The second kappa shape index (κ2) is 7.65. The lowest BCUT2D eigenvalue weighted by atomic mass is 9.47. The highest BCUT2D eigenvalue weighted by atomic mass is 16.5. The fourth-order valence-corrected chi connectivity index (χ4v) is 7.56. The monoisotopic (exact) mass is 414 g/mol. The molecule has 0 radical (unpaired) electrons. The van der Waals surface area contributed by atoms with Crippen LogP contribution in [0.1, 0.15) is 65.7 Å². The minimum absolute atomic E-state index is 0.00234. The first-order valence-corrected chi connectivity index (χ1v) is 11.3. The molecule has 6 atom stereocenters. The highest BCUT2D eigenvalue weighted by molar-refractivity contribution is 5.85. The molecule has 5 nitrogen and oxygen atoms in total. The number of rotatable bonds is 5. The lowest BCUT2D eigenvalue weighted by molar-refractivity contribution is -0.149. The van der Waals surface area contributed by atoms with Crippen molar-refractivity contribution in [3.63, 3.8) is 0 Å². The van der Waals surface area contributed by atoms with Crippen LogP contribution in [0.25, 0.3) is 0 Å². The van der Waals surface area contributed by atoms with E-state index in [1.807, 2.05) is 0 Å². The molecule has 2 saturated carbocycles. The SMILES string of the molecule is COC1=CC2=C(C=O)C[C@H]3[C@@H]4CC[C@H](C(=O)COC(C)=O)[C@@]4(C)CC[C@@H]3[C@@]2(C)CC1. The van der Waals surface area contributed by atoms with E-state index in [9.17, 15) is 14.4 Å². The van der Waals surface area contributed by atoms with Gasteiger partial charge >= 0.3 is 5.97 Å². The zero-order valence-electron chi connectivity index (χ0n) is 18.7. The first-order valence-electron chi connectivity index (χ1n) is 11.3. The first kappa shape index (κ1) is 21.3. The van der Waals surface area contributed by atoms with E-state index in [1.165, 1.54) is 12.5 Å². The Morgan fingerprint density at radius 3 is 2.60 bits per heavy atom. The molecule has 0 aliphatic heterocycles. The molecule has 5 heteroatoms. The molecule has 4 aliphatic rings. The van der Waals surface area contributed by atoms with Gasteiger partial charge in [-0.25, -0.2) is 0 Å². The zero-order chi connectivity index (χ0) is 21.7. The Morgan fingerprint density at radius 2 is 1.93 bits per heavy atom. The van der Waals surface area contributed by atoms with Crippen molar-refractivity contribution in [2.24, 2.45) is 34.5 Å². The van der Waals surface area contributed by atoms with Crippen molar-refractivity contribution < 1.29 is 23.9 Å². The van der Waals surface area contributed by atoms with Crippen molar-refractivity contribution >= 4 is 18.0 Å². The fraction of sp³-hybridized carbons (Fsp3) is 0.720. The maximum atomic E-state index is 12.9. The summed E-state index contributed by atoms with van der Waals surface area (Å²) in [6.45, 7) is 5.84. The molecule has 4 rings (SSSR count). The van der Waals surface area contributed by atoms with E-state index in [0.29, 0.717) is 17.8 Å². The third-order valence-electron chi connectivity index (χ3n) is 9.08. The molecular formula is C25H34O5. The van der Waals surface area contributed by atoms with E-state index in [2.05, 4.69) is 19.9 Å². The van der Waals surface area contributed by atoms with Crippen molar-refractivity contribution in [1.29, 1.82) is 0 Å². The van der Waals surface area contributed by atoms with Crippen molar-refractivity contribution in [3.05, 3.63) is 23.0 Å². The summed E-state index contributed by atoms with van der Waals surface area (Å²) >= 11 is 0. The summed E-state index contributed by atoms with van der Waals surface area (Å²) < 4.78 is 10.5. The summed E-state index contributed by atoms with van der Waals surface area (Å²) in [4.78, 5) is 36.1. The third-order valence-corrected chi connectivity index (χ3v) is 9.08. The van der Waals surface area contributed by atoms with Crippen molar-refractivity contribution in [1.82, 2.24) is 0 Å². The van der Waals surface area contributed by atoms with Crippen LogP contribution in [0.4, 0.5) is 0 Å². The van der Waals surface area contributed by atoms with Gasteiger partial charge < -0.3 is 9.47 Å². The molecule has 0 unspecified atom stereocenters. The first-order chi connectivity index (χ1) is 14.2. The Hall–Kier alpha value is -1.91. The minimum atomic E-state index is -0.402. The molecule has 0 aromatic rings. The van der Waals surface area contributed by atoms with E-state index < -0.39 is 5.97 Å². The number of Topliss-reactive ketones (excluding diaryl/α,β-unsaturated/α-hetero) is 1. The second-order valence-electron chi connectivity index (χ2n) is 10.3. The van der Waals surface area contributed by atoms with E-state index in [-0.39, 0.29) is 29.1 Å². The van der Waals surface area contributed by atoms with Crippen LogP contribution in [-0.2, 0) is 23.9 Å². The quantitative estimate of drug-likeness (QED) is 0.492. The fourth-order valence-electron chi connectivity index (χ4n) is 7.56. The zero-order valence-corrected chi connectivity index (χ0v) is 18.7. The lowest BCUT2D eigenvalue weighted by Gasteiger charge is -2.57. The molecule has 0 aromatic carbocycles. The van der Waals surface area contributed by atoms with E-state index >= 15 is 0 Å². The number of ketones is 1. The third kappa shape index (κ3) is 3.16. The number of hydrogen-bond donors (Lipinski definition) is 0. The van der Waals surface area contributed by atoms with Gasteiger partial charge in [0.2, 0.25) is 0 Å². The summed E-state index contributed by atoms with van der Waals surface area (Å²) in [5.41, 5.74) is 2.04. The largest absolute Gasteiger partial charge is 0.501 e. The van der Waals surface area contributed by atoms with Crippen LogP contribution in [0.2, 0.25) is 0 Å². The second-order valence-corrected chi connectivity index (χ2v) is 10.3. The van der Waals surface area contributed by atoms with Crippen LogP contribution in [-0.4, -0.2) is 31.8 Å². The van der Waals surface area contributed by atoms with E-state index in [1.54, 1.807) is 7.11 Å². The van der Waals surface area contributed by atoms with Crippen LogP contribution in [0, 0.1) is 34.5 Å². The van der Waals surface area contributed by atoms with Gasteiger partial charge in [-0.1, -0.05) is 13.8 Å². The number of carbonyl (C=O) groups is 3. The molecule has 0 spiro atoms. The molecular weight excluding hydrogens is 380 g/mol. The molecule has 164 valence electrons. The molecule has 30 heavy (non-hydrogen) atoms. The molecule has 0 amide bonds. The van der Waals surface area contributed by atoms with Crippen LogP contribution in [0.15, 0.2) is 23.0 Å². The summed E-state index contributed by atoms with van der Waals surface area (Å²) in [6, 6.07) is 0. The van der Waals surface area contributed by atoms with Crippen molar-refractivity contribution in [2.45, 2.75) is 65.7 Å². The highest BCUT2D eigenvalue weighted by Crippen LogP contribution is 2.66. The Bertz CT molecular complexity index is 823. The minimum Gasteiger partial charge on any atom is -0.501 e. The van der Waals surface area contributed by atoms with Gasteiger partial charge in [-0.05, 0) is 84.3 Å². The van der Waals surface area contributed by atoms with Crippen LogP contribution >= 0.6 is 0 Å². The number of methoxy groups -OCH3 is 1. The predicted octanol–water partition coefficient (Wildman–Crippen LogP) is 4.41. The van der Waals surface area contributed by atoms with Crippen LogP contribution < -0.4 is 0 Å². The average molecular weight is 415 g/mol. The Kier molecular flexibility index (Phi) is 5.44. The molecule has 0 aromatic heterocycles. The Labute approximate surface area is 179 Å². The van der Waals surface area contributed by atoms with E-state index in [4.69, 9.17) is 9.47 Å². The van der Waals surface area contributed by atoms with Crippen LogP contribution in [0.3, 0.4) is 0 Å². The molecule has 0 N–H and O–H groups in total. The van der Waals surface area contributed by atoms with Gasteiger partial charge in [-0.3, -0.25) is 14.4 Å². The van der Waals surface area contributed by atoms with Crippen LogP contribution in [0.5, 0.6) is 0 Å².